The highest BCUT2D eigenvalue weighted by Crippen LogP contribution is 2.10. The Bertz CT molecular complexity index is 608. The molecule has 1 saturated heterocycles. The monoisotopic (exact) mass is 295 g/mol. The van der Waals surface area contributed by atoms with Gasteiger partial charge in [0.2, 0.25) is 11.7 Å². The van der Waals surface area contributed by atoms with Gasteiger partial charge in [-0.2, -0.15) is 0 Å². The number of rotatable bonds is 4. The van der Waals surface area contributed by atoms with E-state index in [-0.39, 0.29) is 30.4 Å². The molecular formula is C12H13N3O6. The molecule has 0 aliphatic carbocycles. The fraction of sp³-hybridized carbons (Fsp3) is 0.333. The summed E-state index contributed by atoms with van der Waals surface area (Å²) in [6.07, 6.45) is -0.0767. The Morgan fingerprint density at radius 3 is 2.67 bits per heavy atom. The Kier molecular flexibility index (Phi) is 3.92. The van der Waals surface area contributed by atoms with Crippen molar-refractivity contribution in [2.75, 3.05) is 7.05 Å². The van der Waals surface area contributed by atoms with Crippen LogP contribution in [0.1, 0.15) is 22.7 Å². The molecule has 1 atom stereocenters. The Balaban J connectivity index is 1.83. The van der Waals surface area contributed by atoms with Gasteiger partial charge in [-0.1, -0.05) is 0 Å². The first kappa shape index (κ1) is 14.6. The minimum Gasteiger partial charge on any atom is -0.475 e. The summed E-state index contributed by atoms with van der Waals surface area (Å²) in [6.45, 7) is -0.0379. The summed E-state index contributed by atoms with van der Waals surface area (Å²) in [5.41, 5.74) is 0. The van der Waals surface area contributed by atoms with Crippen LogP contribution in [0.3, 0.4) is 0 Å². The average Bonchev–Trinajstić information content (AvgIpc) is 2.99. The highest BCUT2D eigenvalue weighted by Gasteiger charge is 2.36. The first-order valence-corrected chi connectivity index (χ1v) is 6.05. The van der Waals surface area contributed by atoms with Crippen LogP contribution in [0.25, 0.3) is 0 Å². The minimum atomic E-state index is -1.20. The van der Waals surface area contributed by atoms with Crippen molar-refractivity contribution < 1.29 is 28.7 Å². The van der Waals surface area contributed by atoms with Crippen molar-refractivity contribution in [1.82, 2.24) is 15.5 Å². The van der Waals surface area contributed by atoms with Gasteiger partial charge in [-0.3, -0.25) is 14.5 Å². The molecule has 1 unspecified atom stereocenters. The molecule has 1 fully saturated rings. The summed E-state index contributed by atoms with van der Waals surface area (Å²) in [5, 5.41) is 13.5. The molecule has 2 rings (SSSR count). The van der Waals surface area contributed by atoms with Crippen LogP contribution in [0.15, 0.2) is 16.5 Å². The second-order valence-electron chi connectivity index (χ2n) is 4.45. The van der Waals surface area contributed by atoms with E-state index in [0.717, 1.165) is 4.90 Å². The molecule has 3 N–H and O–H groups in total. The number of hydrogen-bond donors (Lipinski definition) is 3. The largest absolute Gasteiger partial charge is 0.475 e. The fourth-order valence-corrected chi connectivity index (χ4v) is 1.83. The molecule has 1 aliphatic heterocycles. The SMILES string of the molecule is CN1C(=O)CC(NC(=O)NCc2ccc(C(=O)O)o2)C1=O. The lowest BCUT2D eigenvalue weighted by atomic mass is 10.2. The van der Waals surface area contributed by atoms with E-state index < -0.39 is 23.9 Å². The molecule has 0 saturated carbocycles. The molecule has 1 aliphatic rings. The Labute approximate surface area is 118 Å². The van der Waals surface area contributed by atoms with E-state index in [0.29, 0.717) is 0 Å². The number of carboxylic acid groups (broad SMARTS) is 1. The summed E-state index contributed by atoms with van der Waals surface area (Å²) >= 11 is 0. The third kappa shape index (κ3) is 3.19. The van der Waals surface area contributed by atoms with E-state index in [4.69, 9.17) is 9.52 Å². The van der Waals surface area contributed by atoms with Gasteiger partial charge in [0.05, 0.1) is 13.0 Å². The topological polar surface area (TPSA) is 129 Å². The molecule has 2 heterocycles. The minimum absolute atomic E-state index is 0.0379. The molecule has 9 nitrogen and oxygen atoms in total. The number of carboxylic acids is 1. The van der Waals surface area contributed by atoms with Crippen LogP contribution >= 0.6 is 0 Å². The van der Waals surface area contributed by atoms with E-state index >= 15 is 0 Å². The highest BCUT2D eigenvalue weighted by molar-refractivity contribution is 6.06. The van der Waals surface area contributed by atoms with Crippen molar-refractivity contribution in [3.05, 3.63) is 23.7 Å². The predicted molar refractivity (Wildman–Crippen MR) is 67.2 cm³/mol. The lowest BCUT2D eigenvalue weighted by Crippen LogP contribution is -2.45. The van der Waals surface area contributed by atoms with Gasteiger partial charge < -0.3 is 20.2 Å². The van der Waals surface area contributed by atoms with Crippen molar-refractivity contribution in [3.63, 3.8) is 0 Å². The van der Waals surface area contributed by atoms with Gasteiger partial charge in [-0.05, 0) is 12.1 Å². The maximum Gasteiger partial charge on any atom is 0.371 e. The molecule has 9 heteroatoms. The molecule has 112 valence electrons. The quantitative estimate of drug-likeness (QED) is 0.644. The Morgan fingerprint density at radius 2 is 2.14 bits per heavy atom. The molecule has 4 amide bonds. The zero-order valence-electron chi connectivity index (χ0n) is 11.1. The van der Waals surface area contributed by atoms with Crippen LogP contribution in [0, 0.1) is 0 Å². The number of urea groups is 1. The zero-order valence-corrected chi connectivity index (χ0v) is 11.1. The standard InChI is InChI=1S/C12H13N3O6/c1-15-9(16)4-7(10(15)17)14-12(20)13-5-6-2-3-8(21-6)11(18)19/h2-3,7H,4-5H2,1H3,(H,18,19)(H2,13,14,20). The fourth-order valence-electron chi connectivity index (χ4n) is 1.83. The number of aromatic carboxylic acids is 1. The molecule has 0 radical (unpaired) electrons. The number of carbonyl (C=O) groups is 4. The van der Waals surface area contributed by atoms with E-state index in [2.05, 4.69) is 10.6 Å². The summed E-state index contributed by atoms with van der Waals surface area (Å²) in [5.74, 6) is -2.01. The van der Waals surface area contributed by atoms with E-state index in [9.17, 15) is 19.2 Å². The van der Waals surface area contributed by atoms with Gasteiger partial charge >= 0.3 is 12.0 Å². The van der Waals surface area contributed by atoms with Crippen LogP contribution in [-0.2, 0) is 16.1 Å². The first-order valence-electron chi connectivity index (χ1n) is 6.05. The van der Waals surface area contributed by atoms with E-state index in [1.165, 1.54) is 19.2 Å². The number of nitrogens with zero attached hydrogens (tertiary/aromatic N) is 1. The smallest absolute Gasteiger partial charge is 0.371 e. The lowest BCUT2D eigenvalue weighted by molar-refractivity contribution is -0.137. The van der Waals surface area contributed by atoms with Gasteiger partial charge in [0, 0.05) is 7.05 Å². The van der Waals surface area contributed by atoms with Gasteiger partial charge in [-0.25, -0.2) is 9.59 Å². The van der Waals surface area contributed by atoms with Crippen molar-refractivity contribution in [1.29, 1.82) is 0 Å². The van der Waals surface area contributed by atoms with Crippen LogP contribution in [0.2, 0.25) is 0 Å². The van der Waals surface area contributed by atoms with Crippen molar-refractivity contribution >= 4 is 23.8 Å². The first-order chi connectivity index (χ1) is 9.88. The van der Waals surface area contributed by atoms with E-state index in [1.54, 1.807) is 0 Å². The van der Waals surface area contributed by atoms with Crippen LogP contribution in [0.5, 0.6) is 0 Å². The second kappa shape index (κ2) is 5.65. The second-order valence-corrected chi connectivity index (χ2v) is 4.45. The molecular weight excluding hydrogens is 282 g/mol. The van der Waals surface area contributed by atoms with Crippen molar-refractivity contribution in [3.8, 4) is 0 Å². The third-order valence-corrected chi connectivity index (χ3v) is 2.98. The van der Waals surface area contributed by atoms with E-state index in [1.807, 2.05) is 0 Å². The Morgan fingerprint density at radius 1 is 1.43 bits per heavy atom. The predicted octanol–water partition coefficient (Wildman–Crippen LogP) is -0.466. The van der Waals surface area contributed by atoms with Crippen LogP contribution < -0.4 is 10.6 Å². The molecule has 0 spiro atoms. The zero-order chi connectivity index (χ0) is 15.6. The molecule has 21 heavy (non-hydrogen) atoms. The normalized spacial score (nSPS) is 18.0. The van der Waals surface area contributed by atoms with Crippen LogP contribution in [-0.4, -0.2) is 46.9 Å². The third-order valence-electron chi connectivity index (χ3n) is 2.98. The molecule has 1 aromatic heterocycles. The maximum atomic E-state index is 11.6. The summed E-state index contributed by atoms with van der Waals surface area (Å²) in [7, 11) is 1.35. The number of hydrogen-bond acceptors (Lipinski definition) is 5. The molecule has 0 aromatic carbocycles. The van der Waals surface area contributed by atoms with Crippen LogP contribution in [0.4, 0.5) is 4.79 Å². The number of likely N-dealkylation sites (N-methyl/N-ethyl adjacent to an activating group) is 1. The Hall–Kier alpha value is -2.84. The number of amides is 4. The molecule has 0 bridgehead atoms. The van der Waals surface area contributed by atoms with Gasteiger partial charge in [-0.15, -0.1) is 0 Å². The summed E-state index contributed by atoms with van der Waals surface area (Å²) in [4.78, 5) is 46.0. The number of nitrogens with one attached hydrogen (secondary N) is 2. The lowest BCUT2D eigenvalue weighted by Gasteiger charge is -2.11. The summed E-state index contributed by atoms with van der Waals surface area (Å²) < 4.78 is 4.95. The van der Waals surface area contributed by atoms with Crippen molar-refractivity contribution in [2.45, 2.75) is 19.0 Å². The maximum absolute atomic E-state index is 11.6. The van der Waals surface area contributed by atoms with Crippen molar-refractivity contribution in [2.24, 2.45) is 0 Å². The molecule has 1 aromatic rings. The highest BCUT2D eigenvalue weighted by atomic mass is 16.4. The number of likely N-dealkylation sites (tertiary alicyclic amines) is 1. The summed E-state index contributed by atoms with van der Waals surface area (Å²) in [6, 6.07) is 1.16. The number of furan rings is 1. The number of imide groups is 1. The number of carbonyl (C=O) groups excluding carboxylic acids is 3. The van der Waals surface area contributed by atoms with Gasteiger partial charge in [0.15, 0.2) is 0 Å². The van der Waals surface area contributed by atoms with Gasteiger partial charge in [0.1, 0.15) is 11.8 Å². The van der Waals surface area contributed by atoms with Gasteiger partial charge in [0.25, 0.3) is 5.91 Å². The average molecular weight is 295 g/mol.